The standard InChI is InChI=1S/C14H12N4O2S2/c1-10-6-7-15-13(8-10)22(19,20)12-4-2-11(3-5-12)18-9-16-17-14(18)21/h2-9H,1H3,(H,17,21). The second kappa shape index (κ2) is 5.47. The lowest BCUT2D eigenvalue weighted by atomic mass is 10.3. The van der Waals surface area contributed by atoms with Crippen LogP contribution in [-0.2, 0) is 9.84 Å². The molecule has 0 aliphatic carbocycles. The third kappa shape index (κ3) is 2.58. The topological polar surface area (TPSA) is 80.6 Å². The highest BCUT2D eigenvalue weighted by molar-refractivity contribution is 7.91. The Balaban J connectivity index is 2.03. The molecule has 8 heteroatoms. The molecule has 3 aromatic rings. The molecule has 1 aromatic carbocycles. The molecular weight excluding hydrogens is 320 g/mol. The Bertz CT molecular complexity index is 972. The van der Waals surface area contributed by atoms with Crippen molar-refractivity contribution < 1.29 is 8.42 Å². The number of nitrogens with zero attached hydrogens (tertiary/aromatic N) is 3. The first kappa shape index (κ1) is 14.6. The third-order valence-electron chi connectivity index (χ3n) is 3.14. The Morgan fingerprint density at radius 1 is 1.18 bits per heavy atom. The quantitative estimate of drug-likeness (QED) is 0.745. The fourth-order valence-electron chi connectivity index (χ4n) is 1.99. The van der Waals surface area contributed by atoms with Gasteiger partial charge in [0.05, 0.1) is 4.90 Å². The van der Waals surface area contributed by atoms with Crippen molar-refractivity contribution in [3.63, 3.8) is 0 Å². The van der Waals surface area contributed by atoms with Gasteiger partial charge >= 0.3 is 0 Å². The van der Waals surface area contributed by atoms with Crippen LogP contribution < -0.4 is 0 Å². The normalized spacial score (nSPS) is 11.5. The summed E-state index contributed by atoms with van der Waals surface area (Å²) in [7, 11) is -3.63. The molecule has 2 aromatic heterocycles. The van der Waals surface area contributed by atoms with Crippen LogP contribution in [0.3, 0.4) is 0 Å². The maximum absolute atomic E-state index is 12.5. The van der Waals surface area contributed by atoms with Crippen LogP contribution in [0.25, 0.3) is 5.69 Å². The van der Waals surface area contributed by atoms with E-state index in [0.717, 1.165) is 11.3 Å². The molecular formula is C14H12N4O2S2. The number of hydrogen-bond acceptors (Lipinski definition) is 5. The molecule has 0 fully saturated rings. The van der Waals surface area contributed by atoms with E-state index < -0.39 is 9.84 Å². The molecule has 6 nitrogen and oxygen atoms in total. The Morgan fingerprint density at radius 2 is 1.91 bits per heavy atom. The number of rotatable bonds is 3. The Morgan fingerprint density at radius 3 is 2.50 bits per heavy atom. The fraction of sp³-hybridized carbons (Fsp3) is 0.0714. The lowest BCUT2D eigenvalue weighted by Gasteiger charge is -2.06. The van der Waals surface area contributed by atoms with Gasteiger partial charge in [0.1, 0.15) is 6.33 Å². The molecule has 3 rings (SSSR count). The predicted molar refractivity (Wildman–Crippen MR) is 83.2 cm³/mol. The minimum atomic E-state index is -3.63. The van der Waals surface area contributed by atoms with Crippen molar-refractivity contribution >= 4 is 22.1 Å². The lowest BCUT2D eigenvalue weighted by Crippen LogP contribution is -2.05. The van der Waals surface area contributed by atoms with Crippen LogP contribution in [0.5, 0.6) is 0 Å². The van der Waals surface area contributed by atoms with E-state index in [9.17, 15) is 8.42 Å². The van der Waals surface area contributed by atoms with Gasteiger partial charge in [0.25, 0.3) is 0 Å². The number of H-pyrrole nitrogens is 1. The Hall–Kier alpha value is -2.32. The van der Waals surface area contributed by atoms with Gasteiger partial charge in [-0.1, -0.05) is 0 Å². The minimum Gasteiger partial charge on any atom is -0.275 e. The summed E-state index contributed by atoms with van der Waals surface area (Å²) in [5.41, 5.74) is 1.57. The molecule has 22 heavy (non-hydrogen) atoms. The van der Waals surface area contributed by atoms with Gasteiger partial charge in [-0.3, -0.25) is 9.67 Å². The largest absolute Gasteiger partial charge is 0.275 e. The van der Waals surface area contributed by atoms with Crippen LogP contribution in [0.15, 0.2) is 58.8 Å². The minimum absolute atomic E-state index is 0.0418. The van der Waals surface area contributed by atoms with Gasteiger partial charge in [0.15, 0.2) is 9.80 Å². The molecule has 0 aliphatic heterocycles. The number of aromatic nitrogens is 4. The zero-order valence-electron chi connectivity index (χ0n) is 11.6. The molecule has 0 atom stereocenters. The first-order chi connectivity index (χ1) is 10.5. The monoisotopic (exact) mass is 332 g/mol. The second-order valence-corrected chi connectivity index (χ2v) is 6.98. The summed E-state index contributed by atoms with van der Waals surface area (Å²) in [5.74, 6) is 0. The Labute approximate surface area is 132 Å². The highest BCUT2D eigenvalue weighted by Crippen LogP contribution is 2.21. The summed E-state index contributed by atoms with van der Waals surface area (Å²) in [5, 5.41) is 6.52. The summed E-state index contributed by atoms with van der Waals surface area (Å²) in [6.45, 7) is 1.82. The van der Waals surface area contributed by atoms with Crippen molar-refractivity contribution in [2.75, 3.05) is 0 Å². The Kier molecular flexibility index (Phi) is 3.63. The SMILES string of the molecule is Cc1ccnc(S(=O)(=O)c2ccc(-n3cn[nH]c3=S)cc2)c1. The van der Waals surface area contributed by atoms with E-state index in [4.69, 9.17) is 12.2 Å². The number of pyridine rings is 1. The van der Waals surface area contributed by atoms with Gasteiger partial charge in [-0.2, -0.15) is 5.10 Å². The van der Waals surface area contributed by atoms with E-state index in [2.05, 4.69) is 15.2 Å². The lowest BCUT2D eigenvalue weighted by molar-refractivity contribution is 0.592. The van der Waals surface area contributed by atoms with E-state index in [1.54, 1.807) is 28.8 Å². The molecule has 0 aliphatic rings. The fourth-order valence-corrected chi connectivity index (χ4v) is 3.48. The van der Waals surface area contributed by atoms with Gasteiger partial charge in [0.2, 0.25) is 9.84 Å². The van der Waals surface area contributed by atoms with Crippen LogP contribution in [0.4, 0.5) is 0 Å². The molecule has 0 amide bonds. The average Bonchev–Trinajstić information content (AvgIpc) is 2.93. The van der Waals surface area contributed by atoms with Gasteiger partial charge in [-0.15, -0.1) is 0 Å². The number of nitrogens with one attached hydrogen (secondary N) is 1. The van der Waals surface area contributed by atoms with E-state index in [1.165, 1.54) is 24.7 Å². The van der Waals surface area contributed by atoms with E-state index in [0.29, 0.717) is 4.77 Å². The summed E-state index contributed by atoms with van der Waals surface area (Å²) in [4.78, 5) is 4.13. The zero-order valence-corrected chi connectivity index (χ0v) is 13.2. The first-order valence-electron chi connectivity index (χ1n) is 6.39. The van der Waals surface area contributed by atoms with Crippen molar-refractivity contribution in [3.05, 3.63) is 59.3 Å². The van der Waals surface area contributed by atoms with E-state index in [-0.39, 0.29) is 9.92 Å². The van der Waals surface area contributed by atoms with E-state index in [1.807, 2.05) is 6.92 Å². The summed E-state index contributed by atoms with van der Waals surface area (Å²) >= 11 is 5.08. The van der Waals surface area contributed by atoms with E-state index >= 15 is 0 Å². The molecule has 0 bridgehead atoms. The molecule has 0 saturated heterocycles. The van der Waals surface area contributed by atoms with Crippen LogP contribution in [0, 0.1) is 11.7 Å². The highest BCUT2D eigenvalue weighted by Gasteiger charge is 2.19. The number of aryl methyl sites for hydroxylation is 1. The molecule has 0 spiro atoms. The first-order valence-corrected chi connectivity index (χ1v) is 8.28. The zero-order chi connectivity index (χ0) is 15.7. The summed E-state index contributed by atoms with van der Waals surface area (Å²) in [6.07, 6.45) is 3.02. The van der Waals surface area contributed by atoms with Crippen molar-refractivity contribution in [2.45, 2.75) is 16.8 Å². The average molecular weight is 332 g/mol. The van der Waals surface area contributed by atoms with Gasteiger partial charge < -0.3 is 0 Å². The smallest absolute Gasteiger partial charge is 0.223 e. The molecule has 112 valence electrons. The summed E-state index contributed by atoms with van der Waals surface area (Å²) < 4.78 is 27.2. The maximum atomic E-state index is 12.5. The van der Waals surface area contributed by atoms with Crippen molar-refractivity contribution in [1.82, 2.24) is 19.7 Å². The third-order valence-corrected chi connectivity index (χ3v) is 5.10. The molecule has 0 radical (unpaired) electrons. The number of benzene rings is 1. The van der Waals surface area contributed by atoms with Crippen molar-refractivity contribution in [3.8, 4) is 5.69 Å². The highest BCUT2D eigenvalue weighted by atomic mass is 32.2. The molecule has 0 unspecified atom stereocenters. The van der Waals surface area contributed by atoms with Gasteiger partial charge in [-0.05, 0) is 61.1 Å². The van der Waals surface area contributed by atoms with Gasteiger partial charge in [0, 0.05) is 11.9 Å². The molecule has 0 saturated carbocycles. The number of hydrogen-bond donors (Lipinski definition) is 1. The molecule has 1 N–H and O–H groups in total. The van der Waals surface area contributed by atoms with Crippen molar-refractivity contribution in [2.24, 2.45) is 0 Å². The molecule has 2 heterocycles. The number of sulfone groups is 1. The predicted octanol–water partition coefficient (Wildman–Crippen LogP) is 2.47. The van der Waals surface area contributed by atoms with Crippen LogP contribution in [0.2, 0.25) is 0 Å². The second-order valence-electron chi connectivity index (χ2n) is 4.70. The van der Waals surface area contributed by atoms with Crippen LogP contribution in [0.1, 0.15) is 5.56 Å². The maximum Gasteiger partial charge on any atom is 0.223 e. The van der Waals surface area contributed by atoms with Crippen molar-refractivity contribution in [1.29, 1.82) is 0 Å². The van der Waals surface area contributed by atoms with Gasteiger partial charge in [-0.25, -0.2) is 13.4 Å². The van der Waals surface area contributed by atoms with Crippen LogP contribution >= 0.6 is 12.2 Å². The number of aromatic amines is 1. The van der Waals surface area contributed by atoms with Crippen LogP contribution in [-0.4, -0.2) is 28.2 Å². The summed E-state index contributed by atoms with van der Waals surface area (Å²) in [6, 6.07) is 9.72.